The number of ether oxygens (including phenoxy) is 1. The van der Waals surface area contributed by atoms with Crippen molar-refractivity contribution >= 4 is 0 Å². The van der Waals surface area contributed by atoms with Crippen molar-refractivity contribution in [1.82, 2.24) is 15.3 Å². The molecule has 4 nitrogen and oxygen atoms in total. The van der Waals surface area contributed by atoms with Crippen LogP contribution in [0.25, 0.3) is 0 Å². The molecule has 1 heterocycles. The van der Waals surface area contributed by atoms with Crippen LogP contribution in [-0.2, 0) is 11.2 Å². The second kappa shape index (κ2) is 5.88. The van der Waals surface area contributed by atoms with E-state index in [-0.39, 0.29) is 5.60 Å². The maximum Gasteiger partial charge on any atom is 0.107 e. The summed E-state index contributed by atoms with van der Waals surface area (Å²) in [5.41, 5.74) is -0.0301. The normalized spacial score (nSPS) is 11.9. The molecule has 1 aromatic rings. The minimum absolute atomic E-state index is 0.0301. The van der Waals surface area contributed by atoms with E-state index in [1.54, 1.807) is 13.3 Å². The van der Waals surface area contributed by atoms with Gasteiger partial charge in [0.25, 0.3) is 0 Å². The predicted molar refractivity (Wildman–Crippen MR) is 60.9 cm³/mol. The second-order valence-corrected chi connectivity index (χ2v) is 4.25. The number of aromatic amines is 1. The maximum absolute atomic E-state index is 5.33. The van der Waals surface area contributed by atoms with E-state index in [0.29, 0.717) is 0 Å². The van der Waals surface area contributed by atoms with E-state index < -0.39 is 0 Å². The third-order valence-electron chi connectivity index (χ3n) is 2.55. The Kier molecular flexibility index (Phi) is 4.78. The van der Waals surface area contributed by atoms with Crippen LogP contribution in [0.4, 0.5) is 0 Å². The molecule has 0 radical (unpaired) electrons. The van der Waals surface area contributed by atoms with Crippen molar-refractivity contribution in [3.63, 3.8) is 0 Å². The zero-order valence-corrected chi connectivity index (χ0v) is 9.84. The largest absolute Gasteiger partial charge is 0.379 e. The lowest BCUT2D eigenvalue weighted by atomic mass is 10.1. The Morgan fingerprint density at radius 3 is 2.87 bits per heavy atom. The van der Waals surface area contributed by atoms with Crippen LogP contribution < -0.4 is 5.32 Å². The molecule has 0 fully saturated rings. The lowest BCUT2D eigenvalue weighted by molar-refractivity contribution is 0.0159. The fraction of sp³-hybridized carbons (Fsp3) is 0.727. The number of hydrogen-bond donors (Lipinski definition) is 2. The summed E-state index contributed by atoms with van der Waals surface area (Å²) in [7, 11) is 1.75. The molecule has 1 aromatic heterocycles. The minimum atomic E-state index is -0.0301. The fourth-order valence-electron chi connectivity index (χ4n) is 1.26. The highest BCUT2D eigenvalue weighted by Crippen LogP contribution is 2.11. The maximum atomic E-state index is 5.33. The molecule has 86 valence electrons. The first-order valence-corrected chi connectivity index (χ1v) is 5.38. The molecule has 0 spiro atoms. The molecule has 0 saturated heterocycles. The van der Waals surface area contributed by atoms with Crippen LogP contribution in [0.2, 0.25) is 0 Å². The molecule has 0 aliphatic heterocycles. The second-order valence-electron chi connectivity index (χ2n) is 4.25. The standard InChI is InChI=1S/C11H21N3O/c1-11(2,15-3)5-7-12-6-4-10-13-8-9-14-10/h8-9,12H,4-7H2,1-3H3,(H,13,14). The van der Waals surface area contributed by atoms with Crippen LogP contribution in [0.1, 0.15) is 26.1 Å². The van der Waals surface area contributed by atoms with Crippen molar-refractivity contribution in [2.45, 2.75) is 32.3 Å². The summed E-state index contributed by atoms with van der Waals surface area (Å²) in [5.74, 6) is 1.04. The number of hydrogen-bond acceptors (Lipinski definition) is 3. The van der Waals surface area contributed by atoms with Gasteiger partial charge in [-0.25, -0.2) is 4.98 Å². The first-order valence-electron chi connectivity index (χ1n) is 5.38. The first-order chi connectivity index (χ1) is 7.14. The van der Waals surface area contributed by atoms with Gasteiger partial charge in [-0.1, -0.05) is 0 Å². The Balaban J connectivity index is 2.03. The van der Waals surface area contributed by atoms with Crippen LogP contribution >= 0.6 is 0 Å². The highest BCUT2D eigenvalue weighted by Gasteiger charge is 2.14. The average molecular weight is 211 g/mol. The lowest BCUT2D eigenvalue weighted by Crippen LogP contribution is -2.29. The number of nitrogens with one attached hydrogen (secondary N) is 2. The van der Waals surface area contributed by atoms with Gasteiger partial charge in [0, 0.05) is 32.5 Å². The van der Waals surface area contributed by atoms with Gasteiger partial charge >= 0.3 is 0 Å². The van der Waals surface area contributed by atoms with Crippen molar-refractivity contribution in [3.8, 4) is 0 Å². The summed E-state index contributed by atoms with van der Waals surface area (Å²) in [6, 6.07) is 0. The number of H-pyrrole nitrogens is 1. The number of rotatable bonds is 7. The van der Waals surface area contributed by atoms with Gasteiger partial charge in [0.1, 0.15) is 5.82 Å². The van der Waals surface area contributed by atoms with Gasteiger partial charge in [-0.3, -0.25) is 0 Å². The number of aromatic nitrogens is 2. The zero-order chi connectivity index (χ0) is 11.1. The molecule has 0 bridgehead atoms. The highest BCUT2D eigenvalue weighted by atomic mass is 16.5. The molecule has 4 heteroatoms. The Morgan fingerprint density at radius 2 is 2.27 bits per heavy atom. The Labute approximate surface area is 91.4 Å². The first kappa shape index (κ1) is 12.2. The van der Waals surface area contributed by atoms with Crippen LogP contribution in [0.15, 0.2) is 12.4 Å². The molecule has 0 aliphatic carbocycles. The summed E-state index contributed by atoms with van der Waals surface area (Å²) in [5, 5.41) is 3.37. The van der Waals surface area contributed by atoms with Gasteiger partial charge in [0.2, 0.25) is 0 Å². The van der Waals surface area contributed by atoms with E-state index in [1.165, 1.54) is 0 Å². The van der Waals surface area contributed by atoms with Gasteiger partial charge in [-0.15, -0.1) is 0 Å². The predicted octanol–water partition coefficient (Wildman–Crippen LogP) is 1.36. The Bertz CT molecular complexity index is 257. The van der Waals surface area contributed by atoms with Crippen LogP contribution in [0.3, 0.4) is 0 Å². The number of imidazole rings is 1. The SMILES string of the molecule is COC(C)(C)CCNCCc1ncc[nH]1. The molecular weight excluding hydrogens is 190 g/mol. The molecule has 0 aromatic carbocycles. The summed E-state index contributed by atoms with van der Waals surface area (Å²) in [4.78, 5) is 7.24. The molecular formula is C11H21N3O. The summed E-state index contributed by atoms with van der Waals surface area (Å²) in [6.45, 7) is 6.12. The highest BCUT2D eigenvalue weighted by molar-refractivity contribution is 4.87. The van der Waals surface area contributed by atoms with Crippen molar-refractivity contribution in [1.29, 1.82) is 0 Å². The minimum Gasteiger partial charge on any atom is -0.379 e. The molecule has 0 atom stereocenters. The molecule has 0 amide bonds. The van der Waals surface area contributed by atoms with E-state index in [2.05, 4.69) is 29.1 Å². The number of nitrogens with zero attached hydrogens (tertiary/aromatic N) is 1. The lowest BCUT2D eigenvalue weighted by Gasteiger charge is -2.22. The Hall–Kier alpha value is -0.870. The van der Waals surface area contributed by atoms with Crippen molar-refractivity contribution in [2.24, 2.45) is 0 Å². The zero-order valence-electron chi connectivity index (χ0n) is 9.84. The number of methoxy groups -OCH3 is 1. The van der Waals surface area contributed by atoms with Gasteiger partial charge in [0.15, 0.2) is 0 Å². The van der Waals surface area contributed by atoms with Crippen LogP contribution in [0.5, 0.6) is 0 Å². The Morgan fingerprint density at radius 1 is 1.47 bits per heavy atom. The van der Waals surface area contributed by atoms with E-state index in [1.807, 2.05) is 6.20 Å². The van der Waals surface area contributed by atoms with E-state index in [9.17, 15) is 0 Å². The molecule has 0 saturated carbocycles. The van der Waals surface area contributed by atoms with E-state index in [4.69, 9.17) is 4.74 Å². The van der Waals surface area contributed by atoms with Crippen molar-refractivity contribution in [2.75, 3.05) is 20.2 Å². The smallest absolute Gasteiger partial charge is 0.107 e. The quantitative estimate of drug-likeness (QED) is 0.669. The molecule has 0 aliphatic rings. The summed E-state index contributed by atoms with van der Waals surface area (Å²) in [6.07, 6.45) is 5.59. The summed E-state index contributed by atoms with van der Waals surface area (Å²) < 4.78 is 5.33. The monoisotopic (exact) mass is 211 g/mol. The molecule has 15 heavy (non-hydrogen) atoms. The van der Waals surface area contributed by atoms with Crippen LogP contribution in [0, 0.1) is 0 Å². The van der Waals surface area contributed by atoms with Crippen molar-refractivity contribution in [3.05, 3.63) is 18.2 Å². The third kappa shape index (κ3) is 4.95. The molecule has 1 rings (SSSR count). The van der Waals surface area contributed by atoms with Gasteiger partial charge in [-0.05, 0) is 26.8 Å². The average Bonchev–Trinajstić information content (AvgIpc) is 2.70. The van der Waals surface area contributed by atoms with Crippen molar-refractivity contribution < 1.29 is 4.74 Å². The molecule has 2 N–H and O–H groups in total. The molecule has 0 unspecified atom stereocenters. The topological polar surface area (TPSA) is 49.9 Å². The van der Waals surface area contributed by atoms with E-state index in [0.717, 1.165) is 31.8 Å². The fourth-order valence-corrected chi connectivity index (χ4v) is 1.26. The summed E-state index contributed by atoms with van der Waals surface area (Å²) >= 11 is 0. The third-order valence-corrected chi connectivity index (χ3v) is 2.55. The van der Waals surface area contributed by atoms with E-state index >= 15 is 0 Å². The van der Waals surface area contributed by atoms with Gasteiger partial charge in [0.05, 0.1) is 5.60 Å². The van der Waals surface area contributed by atoms with Gasteiger partial charge in [-0.2, -0.15) is 0 Å². The van der Waals surface area contributed by atoms with Gasteiger partial charge < -0.3 is 15.0 Å². The van der Waals surface area contributed by atoms with Crippen LogP contribution in [-0.4, -0.2) is 35.8 Å².